The fraction of sp³-hybridized carbons (Fsp3) is 0.368. The average Bonchev–Trinajstić information content (AvgIpc) is 3.26. The van der Waals surface area contributed by atoms with Crippen molar-refractivity contribution in [3.05, 3.63) is 47.9 Å². The molecular formula is C19H22N4O2. The Morgan fingerprint density at radius 3 is 2.56 bits per heavy atom. The summed E-state index contributed by atoms with van der Waals surface area (Å²) < 4.78 is 12.7. The quantitative estimate of drug-likeness (QED) is 0.732. The van der Waals surface area contributed by atoms with Crippen LogP contribution >= 0.6 is 0 Å². The number of nitrogens with zero attached hydrogens (tertiary/aromatic N) is 4. The number of rotatable bonds is 4. The fourth-order valence-electron chi connectivity index (χ4n) is 3.56. The van der Waals surface area contributed by atoms with E-state index >= 15 is 0 Å². The van der Waals surface area contributed by atoms with Gasteiger partial charge in [0.1, 0.15) is 17.0 Å². The first-order chi connectivity index (χ1) is 12.2. The summed E-state index contributed by atoms with van der Waals surface area (Å²) >= 11 is 0. The van der Waals surface area contributed by atoms with Crippen LogP contribution in [0.3, 0.4) is 0 Å². The van der Waals surface area contributed by atoms with E-state index in [4.69, 9.17) is 9.47 Å². The smallest absolute Gasteiger partial charge is 0.154 e. The van der Waals surface area contributed by atoms with Gasteiger partial charge in [-0.05, 0) is 37.1 Å². The first-order valence-corrected chi connectivity index (χ1v) is 8.47. The van der Waals surface area contributed by atoms with Crippen molar-refractivity contribution in [1.29, 1.82) is 0 Å². The van der Waals surface area contributed by atoms with E-state index in [0.29, 0.717) is 5.92 Å². The second-order valence-electron chi connectivity index (χ2n) is 6.44. The molecule has 0 saturated carbocycles. The molecule has 1 atom stereocenters. The normalized spacial score (nSPS) is 17.2. The molecular weight excluding hydrogens is 316 g/mol. The maximum absolute atomic E-state index is 5.41. The highest BCUT2D eigenvalue weighted by Crippen LogP contribution is 2.35. The largest absolute Gasteiger partial charge is 0.497 e. The summed E-state index contributed by atoms with van der Waals surface area (Å²) in [4.78, 5) is 6.95. The summed E-state index contributed by atoms with van der Waals surface area (Å²) in [5.74, 6) is 3.09. The molecule has 1 fully saturated rings. The molecule has 0 radical (unpaired) electrons. The number of ether oxygens (including phenoxy) is 2. The standard InChI is InChI=1S/C19H22N4O2/c1-13-8-18-19(20-5-7-23(18)21-13)22-6-4-14(12-22)15-9-16(24-2)11-17(10-15)25-3/h5,7-11,14H,4,6,12H2,1-3H3. The van der Waals surface area contributed by atoms with Gasteiger partial charge in [-0.15, -0.1) is 0 Å². The second-order valence-corrected chi connectivity index (χ2v) is 6.44. The van der Waals surface area contributed by atoms with Gasteiger partial charge in [-0.2, -0.15) is 5.10 Å². The topological polar surface area (TPSA) is 51.9 Å². The van der Waals surface area contributed by atoms with Crippen molar-refractivity contribution >= 4 is 11.3 Å². The van der Waals surface area contributed by atoms with Gasteiger partial charge in [-0.25, -0.2) is 9.50 Å². The van der Waals surface area contributed by atoms with Crippen molar-refractivity contribution in [3.8, 4) is 11.5 Å². The number of hydrogen-bond donors (Lipinski definition) is 0. The van der Waals surface area contributed by atoms with E-state index in [0.717, 1.165) is 48.0 Å². The maximum Gasteiger partial charge on any atom is 0.154 e. The first-order valence-electron chi connectivity index (χ1n) is 8.47. The summed E-state index contributed by atoms with van der Waals surface area (Å²) in [6.45, 7) is 3.90. The molecule has 0 spiro atoms. The number of benzene rings is 1. The highest BCUT2D eigenvalue weighted by Gasteiger charge is 2.27. The molecule has 0 amide bonds. The van der Waals surface area contributed by atoms with Crippen LogP contribution in [0.25, 0.3) is 5.52 Å². The minimum Gasteiger partial charge on any atom is -0.497 e. The average molecular weight is 338 g/mol. The highest BCUT2D eigenvalue weighted by atomic mass is 16.5. The Morgan fingerprint density at radius 1 is 1.08 bits per heavy atom. The van der Waals surface area contributed by atoms with Gasteiger partial charge in [0.05, 0.1) is 19.9 Å². The third-order valence-corrected chi connectivity index (χ3v) is 4.82. The van der Waals surface area contributed by atoms with Crippen LogP contribution in [0, 0.1) is 6.92 Å². The molecule has 1 aromatic carbocycles. The van der Waals surface area contributed by atoms with E-state index in [1.54, 1.807) is 14.2 Å². The number of anilines is 1. The van der Waals surface area contributed by atoms with Gasteiger partial charge in [0, 0.05) is 37.5 Å². The predicted octanol–water partition coefficient (Wildman–Crippen LogP) is 3.05. The van der Waals surface area contributed by atoms with Crippen LogP contribution in [-0.4, -0.2) is 41.9 Å². The monoisotopic (exact) mass is 338 g/mol. The lowest BCUT2D eigenvalue weighted by Gasteiger charge is -2.19. The molecule has 0 aliphatic carbocycles. The zero-order valence-corrected chi connectivity index (χ0v) is 14.8. The van der Waals surface area contributed by atoms with E-state index in [1.165, 1.54) is 5.56 Å². The third kappa shape index (κ3) is 2.88. The van der Waals surface area contributed by atoms with E-state index in [2.05, 4.69) is 33.2 Å². The summed E-state index contributed by atoms with van der Waals surface area (Å²) in [6, 6.07) is 8.21. The zero-order valence-electron chi connectivity index (χ0n) is 14.8. The maximum atomic E-state index is 5.41. The van der Waals surface area contributed by atoms with E-state index in [9.17, 15) is 0 Å². The predicted molar refractivity (Wildman–Crippen MR) is 96.8 cm³/mol. The lowest BCUT2D eigenvalue weighted by atomic mass is 9.98. The minimum atomic E-state index is 0.426. The van der Waals surface area contributed by atoms with Crippen LogP contribution in [0.15, 0.2) is 36.7 Å². The summed E-state index contributed by atoms with van der Waals surface area (Å²) in [5, 5.41) is 4.48. The minimum absolute atomic E-state index is 0.426. The van der Waals surface area contributed by atoms with E-state index in [1.807, 2.05) is 29.9 Å². The van der Waals surface area contributed by atoms with E-state index < -0.39 is 0 Å². The first kappa shape index (κ1) is 15.7. The molecule has 3 aromatic rings. The van der Waals surface area contributed by atoms with Gasteiger partial charge in [-0.3, -0.25) is 0 Å². The molecule has 4 rings (SSSR count). The summed E-state index contributed by atoms with van der Waals surface area (Å²) in [7, 11) is 3.37. The van der Waals surface area contributed by atoms with Crippen LogP contribution in [0.1, 0.15) is 23.6 Å². The summed E-state index contributed by atoms with van der Waals surface area (Å²) in [5.41, 5.74) is 3.31. The highest BCUT2D eigenvalue weighted by molar-refractivity contribution is 5.69. The van der Waals surface area contributed by atoms with Crippen LogP contribution in [0.2, 0.25) is 0 Å². The van der Waals surface area contributed by atoms with E-state index in [-0.39, 0.29) is 0 Å². The van der Waals surface area contributed by atoms with Gasteiger partial charge in [0.15, 0.2) is 5.82 Å². The van der Waals surface area contributed by atoms with Gasteiger partial charge in [-0.1, -0.05) is 0 Å². The number of aryl methyl sites for hydroxylation is 1. The molecule has 130 valence electrons. The number of fused-ring (bicyclic) bond motifs is 1. The molecule has 1 saturated heterocycles. The van der Waals surface area contributed by atoms with Crippen molar-refractivity contribution < 1.29 is 9.47 Å². The van der Waals surface area contributed by atoms with Crippen molar-refractivity contribution in [3.63, 3.8) is 0 Å². The van der Waals surface area contributed by atoms with Gasteiger partial charge in [0.25, 0.3) is 0 Å². The van der Waals surface area contributed by atoms with Crippen LogP contribution < -0.4 is 14.4 Å². The van der Waals surface area contributed by atoms with Crippen LogP contribution in [-0.2, 0) is 0 Å². The van der Waals surface area contributed by atoms with Gasteiger partial charge >= 0.3 is 0 Å². The molecule has 2 aromatic heterocycles. The number of hydrogen-bond acceptors (Lipinski definition) is 5. The molecule has 1 unspecified atom stereocenters. The van der Waals surface area contributed by atoms with Crippen LogP contribution in [0.5, 0.6) is 11.5 Å². The van der Waals surface area contributed by atoms with Crippen molar-refractivity contribution in [2.24, 2.45) is 0 Å². The Balaban J connectivity index is 1.63. The Labute approximate surface area is 147 Å². The number of methoxy groups -OCH3 is 2. The zero-order chi connectivity index (χ0) is 17.4. The Kier molecular flexibility index (Phi) is 3.95. The molecule has 0 bridgehead atoms. The molecule has 6 heteroatoms. The lowest BCUT2D eigenvalue weighted by molar-refractivity contribution is 0.393. The molecule has 0 N–H and O–H groups in total. The molecule has 3 heterocycles. The van der Waals surface area contributed by atoms with Gasteiger partial charge < -0.3 is 14.4 Å². The van der Waals surface area contributed by atoms with Gasteiger partial charge in [0.2, 0.25) is 0 Å². The lowest BCUT2D eigenvalue weighted by Crippen LogP contribution is -2.21. The summed E-state index contributed by atoms with van der Waals surface area (Å²) in [6.07, 6.45) is 4.79. The molecule has 25 heavy (non-hydrogen) atoms. The van der Waals surface area contributed by atoms with Crippen LogP contribution in [0.4, 0.5) is 5.82 Å². The molecule has 1 aliphatic rings. The molecule has 1 aliphatic heterocycles. The van der Waals surface area contributed by atoms with Crippen molar-refractivity contribution in [2.45, 2.75) is 19.3 Å². The van der Waals surface area contributed by atoms with Crippen molar-refractivity contribution in [2.75, 3.05) is 32.2 Å². The fourth-order valence-corrected chi connectivity index (χ4v) is 3.56. The van der Waals surface area contributed by atoms with Crippen molar-refractivity contribution in [1.82, 2.24) is 14.6 Å². The Hall–Kier alpha value is -2.76. The molecule has 6 nitrogen and oxygen atoms in total. The Bertz CT molecular complexity index is 883. The second kappa shape index (κ2) is 6.27. The number of aromatic nitrogens is 3. The third-order valence-electron chi connectivity index (χ3n) is 4.82. The SMILES string of the molecule is COc1cc(OC)cc(C2CCN(c3nccn4nc(C)cc34)C2)c1. The Morgan fingerprint density at radius 2 is 1.84 bits per heavy atom.